The first-order valence-corrected chi connectivity index (χ1v) is 6.32. The summed E-state index contributed by atoms with van der Waals surface area (Å²) >= 11 is 0. The van der Waals surface area contributed by atoms with E-state index < -0.39 is 52.9 Å². The van der Waals surface area contributed by atoms with Crippen LogP contribution in [0.15, 0.2) is 0 Å². The van der Waals surface area contributed by atoms with Gasteiger partial charge in [-0.3, -0.25) is 14.1 Å². The standard InChI is InChI=1S/C8H15NO9S/c1-3(10)6(12)5(9)8(14)7(13)4(11)2-18-19(15,16)17/h3,5-6,8,10,12,14H,2,9H2,1H3,(H,15,16,17)/t3?,5-,6?,8+/m0/s1. The van der Waals surface area contributed by atoms with E-state index in [1.807, 2.05) is 0 Å². The van der Waals surface area contributed by atoms with Crippen LogP contribution in [0.3, 0.4) is 0 Å². The molecule has 0 heterocycles. The first kappa shape index (κ1) is 18.0. The molecule has 0 radical (unpaired) electrons. The van der Waals surface area contributed by atoms with Gasteiger partial charge in [0, 0.05) is 0 Å². The number of hydrogen-bond acceptors (Lipinski definition) is 9. The monoisotopic (exact) mass is 301 g/mol. The molecular formula is C8H15NO9S. The normalized spacial score (nSPS) is 18.4. The van der Waals surface area contributed by atoms with Crippen molar-refractivity contribution in [2.75, 3.05) is 6.61 Å². The van der Waals surface area contributed by atoms with Crippen molar-refractivity contribution in [3.8, 4) is 0 Å². The van der Waals surface area contributed by atoms with Crippen LogP contribution in [0.4, 0.5) is 0 Å². The first-order chi connectivity index (χ1) is 8.47. The Morgan fingerprint density at radius 1 is 1.26 bits per heavy atom. The number of aliphatic hydroxyl groups is 3. The Hall–Kier alpha value is -0.950. The quantitative estimate of drug-likeness (QED) is 0.221. The number of hydrogen-bond donors (Lipinski definition) is 5. The van der Waals surface area contributed by atoms with Crippen molar-refractivity contribution in [3.63, 3.8) is 0 Å². The molecule has 11 heteroatoms. The summed E-state index contributed by atoms with van der Waals surface area (Å²) in [6, 6.07) is -1.65. The molecule has 10 nitrogen and oxygen atoms in total. The lowest BCUT2D eigenvalue weighted by molar-refractivity contribution is -0.145. The molecule has 19 heavy (non-hydrogen) atoms. The Morgan fingerprint density at radius 2 is 1.74 bits per heavy atom. The van der Waals surface area contributed by atoms with Crippen LogP contribution in [-0.4, -0.2) is 70.8 Å². The Kier molecular flexibility index (Phi) is 6.65. The van der Waals surface area contributed by atoms with Crippen LogP contribution in [0.25, 0.3) is 0 Å². The maximum absolute atomic E-state index is 11.3. The topological polar surface area (TPSA) is 184 Å². The maximum atomic E-state index is 11.3. The number of aliphatic hydroxyl groups excluding tert-OH is 3. The number of nitrogens with two attached hydrogens (primary N) is 1. The van der Waals surface area contributed by atoms with E-state index in [1.54, 1.807) is 0 Å². The highest BCUT2D eigenvalue weighted by Gasteiger charge is 2.34. The van der Waals surface area contributed by atoms with Gasteiger partial charge in [-0.2, -0.15) is 8.42 Å². The third-order valence-corrected chi connectivity index (χ3v) is 2.55. The minimum atomic E-state index is -4.90. The summed E-state index contributed by atoms with van der Waals surface area (Å²) in [6.07, 6.45) is -5.18. The van der Waals surface area contributed by atoms with Crippen LogP contribution >= 0.6 is 0 Å². The van der Waals surface area contributed by atoms with Gasteiger partial charge in [-0.1, -0.05) is 0 Å². The van der Waals surface area contributed by atoms with Crippen molar-refractivity contribution in [1.29, 1.82) is 0 Å². The van der Waals surface area contributed by atoms with Crippen LogP contribution < -0.4 is 5.73 Å². The summed E-state index contributed by atoms with van der Waals surface area (Å²) < 4.78 is 32.2. The molecule has 0 saturated carbocycles. The molecule has 0 aliphatic heterocycles. The average Bonchev–Trinajstić information content (AvgIpc) is 2.30. The van der Waals surface area contributed by atoms with Crippen molar-refractivity contribution in [2.45, 2.75) is 31.3 Å². The number of Topliss-reactive ketones (excluding diaryl/α,β-unsaturated/α-hetero) is 2. The van der Waals surface area contributed by atoms with E-state index >= 15 is 0 Å². The fourth-order valence-corrected chi connectivity index (χ4v) is 1.30. The van der Waals surface area contributed by atoms with Crippen LogP contribution in [0.1, 0.15) is 6.92 Å². The molecule has 0 amide bonds. The van der Waals surface area contributed by atoms with E-state index in [0.717, 1.165) is 6.92 Å². The maximum Gasteiger partial charge on any atom is 0.397 e. The van der Waals surface area contributed by atoms with Gasteiger partial charge in [-0.05, 0) is 6.92 Å². The van der Waals surface area contributed by atoms with E-state index in [4.69, 9.17) is 15.4 Å². The van der Waals surface area contributed by atoms with Crippen molar-refractivity contribution in [2.24, 2.45) is 5.73 Å². The molecule has 0 aromatic carbocycles. The minimum Gasteiger partial charge on any atom is -0.391 e. The SMILES string of the molecule is CC(O)C(O)[C@H](N)[C@@H](O)C(=O)C(=O)COS(=O)(=O)O. The summed E-state index contributed by atoms with van der Waals surface area (Å²) in [6.45, 7) is -0.169. The van der Waals surface area contributed by atoms with E-state index in [0.29, 0.717) is 0 Å². The lowest BCUT2D eigenvalue weighted by atomic mass is 9.97. The van der Waals surface area contributed by atoms with E-state index in [2.05, 4.69) is 4.18 Å². The van der Waals surface area contributed by atoms with Crippen molar-refractivity contribution >= 4 is 22.0 Å². The van der Waals surface area contributed by atoms with Gasteiger partial charge in [0.25, 0.3) is 0 Å². The van der Waals surface area contributed by atoms with Gasteiger partial charge in [0.15, 0.2) is 0 Å². The third-order valence-electron chi connectivity index (χ3n) is 2.14. The smallest absolute Gasteiger partial charge is 0.391 e. The lowest BCUT2D eigenvalue weighted by Gasteiger charge is -2.24. The highest BCUT2D eigenvalue weighted by molar-refractivity contribution is 7.80. The zero-order chi connectivity index (χ0) is 15.4. The van der Waals surface area contributed by atoms with E-state index in [9.17, 15) is 28.2 Å². The van der Waals surface area contributed by atoms with Crippen LogP contribution in [-0.2, 0) is 24.2 Å². The average molecular weight is 301 g/mol. The van der Waals surface area contributed by atoms with Crippen LogP contribution in [0, 0.1) is 0 Å². The van der Waals surface area contributed by atoms with Gasteiger partial charge in [-0.15, -0.1) is 0 Å². The van der Waals surface area contributed by atoms with E-state index in [1.165, 1.54) is 0 Å². The third kappa shape index (κ3) is 6.15. The largest absolute Gasteiger partial charge is 0.397 e. The predicted molar refractivity (Wildman–Crippen MR) is 59.2 cm³/mol. The van der Waals surface area contributed by atoms with Gasteiger partial charge in [0.2, 0.25) is 11.6 Å². The second-order valence-electron chi connectivity index (χ2n) is 3.73. The molecule has 0 bridgehead atoms. The van der Waals surface area contributed by atoms with Crippen molar-refractivity contribution in [3.05, 3.63) is 0 Å². The molecule has 0 aromatic rings. The molecule has 2 unspecified atom stereocenters. The fraction of sp³-hybridized carbons (Fsp3) is 0.750. The van der Waals surface area contributed by atoms with Gasteiger partial charge in [0.1, 0.15) is 12.7 Å². The molecule has 0 spiro atoms. The highest BCUT2D eigenvalue weighted by atomic mass is 32.3. The van der Waals surface area contributed by atoms with Crippen molar-refractivity contribution < 1.29 is 42.1 Å². The Bertz CT molecular complexity index is 432. The van der Waals surface area contributed by atoms with Crippen LogP contribution in [0.5, 0.6) is 0 Å². The number of rotatable bonds is 8. The van der Waals surface area contributed by atoms with Crippen molar-refractivity contribution in [1.82, 2.24) is 0 Å². The summed E-state index contributed by atoms with van der Waals surface area (Å²) in [5.74, 6) is -2.99. The van der Waals surface area contributed by atoms with E-state index in [-0.39, 0.29) is 0 Å². The fourth-order valence-electron chi connectivity index (χ4n) is 1.05. The molecule has 112 valence electrons. The molecule has 0 saturated heterocycles. The minimum absolute atomic E-state index is 1.14. The number of carbonyl (C=O) groups excluding carboxylic acids is 2. The number of ketones is 2. The molecule has 6 N–H and O–H groups in total. The summed E-state index contributed by atoms with van der Waals surface area (Å²) in [4.78, 5) is 22.4. The summed E-state index contributed by atoms with van der Waals surface area (Å²) in [5, 5.41) is 27.7. The number of carbonyl (C=O) groups is 2. The zero-order valence-corrected chi connectivity index (χ0v) is 10.6. The Balaban J connectivity index is 4.60. The first-order valence-electron chi connectivity index (χ1n) is 4.96. The molecule has 0 fully saturated rings. The van der Waals surface area contributed by atoms with Crippen LogP contribution in [0.2, 0.25) is 0 Å². The lowest BCUT2D eigenvalue weighted by Crippen LogP contribution is -2.54. The molecule has 0 aliphatic carbocycles. The molecule has 4 atom stereocenters. The molecule has 0 aromatic heterocycles. The van der Waals surface area contributed by atoms with Gasteiger partial charge in [-0.25, -0.2) is 4.18 Å². The highest BCUT2D eigenvalue weighted by Crippen LogP contribution is 2.04. The molecular weight excluding hydrogens is 286 g/mol. The van der Waals surface area contributed by atoms with Gasteiger partial charge < -0.3 is 21.1 Å². The Labute approximate surface area is 108 Å². The predicted octanol–water partition coefficient (Wildman–Crippen LogP) is -3.63. The molecule has 0 rings (SSSR count). The zero-order valence-electron chi connectivity index (χ0n) is 9.83. The van der Waals surface area contributed by atoms with Gasteiger partial charge >= 0.3 is 10.4 Å². The molecule has 0 aliphatic rings. The second kappa shape index (κ2) is 7.00. The summed E-state index contributed by atoms with van der Waals surface area (Å²) in [5.41, 5.74) is 5.24. The Morgan fingerprint density at radius 3 is 2.11 bits per heavy atom. The van der Waals surface area contributed by atoms with Gasteiger partial charge in [0.05, 0.1) is 18.2 Å². The second-order valence-corrected chi connectivity index (χ2v) is 4.82. The summed E-state index contributed by atoms with van der Waals surface area (Å²) in [7, 11) is -4.90.